The highest BCUT2D eigenvalue weighted by Crippen LogP contribution is 2.25. The van der Waals surface area contributed by atoms with Gasteiger partial charge in [-0.05, 0) is 45.6 Å². The van der Waals surface area contributed by atoms with E-state index in [4.69, 9.17) is 9.72 Å². The largest absolute Gasteiger partial charge is 0.449 e. The van der Waals surface area contributed by atoms with E-state index in [-0.39, 0.29) is 23.9 Å². The quantitative estimate of drug-likeness (QED) is 0.555. The van der Waals surface area contributed by atoms with Gasteiger partial charge in [-0.25, -0.2) is 14.5 Å². The fourth-order valence-corrected chi connectivity index (χ4v) is 3.90. The molecule has 1 fully saturated rings. The molecule has 1 aliphatic carbocycles. The van der Waals surface area contributed by atoms with Crippen LogP contribution in [-0.4, -0.2) is 38.8 Å². The molecule has 3 rings (SSSR count). The Bertz CT molecular complexity index is 895. The molecule has 0 aromatic carbocycles. The number of aromatic nitrogens is 3. The number of fused-ring (bicyclic) bond motifs is 1. The predicted octanol–water partition coefficient (Wildman–Crippen LogP) is 4.52. The van der Waals surface area contributed by atoms with Crippen molar-refractivity contribution in [2.24, 2.45) is 0 Å². The summed E-state index contributed by atoms with van der Waals surface area (Å²) in [6, 6.07) is 2.05. The average Bonchev–Trinajstić information content (AvgIpc) is 2.97. The second kappa shape index (κ2) is 9.58. The zero-order chi connectivity index (χ0) is 21.8. The fraction of sp³-hybridized carbons (Fsp3) is 0.652. The third-order valence-corrected chi connectivity index (χ3v) is 5.74. The van der Waals surface area contributed by atoms with Crippen molar-refractivity contribution in [2.45, 2.75) is 97.2 Å². The van der Waals surface area contributed by atoms with E-state index in [2.05, 4.69) is 10.4 Å². The highest BCUT2D eigenvalue weighted by atomic mass is 16.5. The molecule has 0 bridgehead atoms. The van der Waals surface area contributed by atoms with Crippen LogP contribution < -0.4 is 5.32 Å². The molecule has 0 unspecified atom stereocenters. The van der Waals surface area contributed by atoms with Gasteiger partial charge in [0.1, 0.15) is 0 Å². The number of carbonyl (C=O) groups excluding carboxylic acids is 2. The van der Waals surface area contributed by atoms with E-state index in [1.54, 1.807) is 23.9 Å². The lowest BCUT2D eigenvalue weighted by atomic mass is 10.1. The van der Waals surface area contributed by atoms with Crippen molar-refractivity contribution in [3.8, 4) is 0 Å². The molecule has 7 heteroatoms. The molecule has 164 valence electrons. The summed E-state index contributed by atoms with van der Waals surface area (Å²) in [6.45, 7) is 9.73. The summed E-state index contributed by atoms with van der Waals surface area (Å²) in [6.07, 6.45) is 7.48. The van der Waals surface area contributed by atoms with Gasteiger partial charge in [0.25, 0.3) is 5.91 Å². The molecule has 0 aliphatic heterocycles. The smallest absolute Gasteiger partial charge is 0.339 e. The number of carbonyl (C=O) groups is 2. The second-order valence-electron chi connectivity index (χ2n) is 8.91. The molecule has 2 aromatic rings. The van der Waals surface area contributed by atoms with Crippen molar-refractivity contribution in [1.29, 1.82) is 0 Å². The van der Waals surface area contributed by atoms with E-state index in [1.807, 2.05) is 27.7 Å². The standard InChI is InChI=1S/C23H34N4O3/c1-14(2)20-12-18(19-13-24-27(15(3)4)21(19)26-20)23(29)30-16(5)22(28)25-17-10-8-6-7-9-11-17/h12-17H,6-11H2,1-5H3,(H,25,28)/t16-/m0/s1. The maximum absolute atomic E-state index is 13.0. The Labute approximate surface area is 178 Å². The maximum Gasteiger partial charge on any atom is 0.339 e. The Balaban J connectivity index is 1.79. The van der Waals surface area contributed by atoms with Crippen LogP contribution >= 0.6 is 0 Å². The van der Waals surface area contributed by atoms with E-state index in [0.29, 0.717) is 16.6 Å². The average molecular weight is 415 g/mol. The Morgan fingerprint density at radius 3 is 2.37 bits per heavy atom. The van der Waals surface area contributed by atoms with E-state index in [0.717, 1.165) is 31.4 Å². The Hall–Kier alpha value is -2.44. The molecule has 0 saturated heterocycles. The van der Waals surface area contributed by atoms with Crippen LogP contribution in [0.4, 0.5) is 0 Å². The van der Waals surface area contributed by atoms with Gasteiger partial charge in [0.15, 0.2) is 11.8 Å². The van der Waals surface area contributed by atoms with Crippen LogP contribution in [0.3, 0.4) is 0 Å². The molecule has 30 heavy (non-hydrogen) atoms. The highest BCUT2D eigenvalue weighted by molar-refractivity contribution is 6.03. The number of amides is 1. The lowest BCUT2D eigenvalue weighted by molar-refractivity contribution is -0.129. The second-order valence-corrected chi connectivity index (χ2v) is 8.91. The Morgan fingerprint density at radius 1 is 1.10 bits per heavy atom. The van der Waals surface area contributed by atoms with Crippen molar-refractivity contribution in [3.05, 3.63) is 23.5 Å². The molecular weight excluding hydrogens is 380 g/mol. The zero-order valence-corrected chi connectivity index (χ0v) is 18.8. The van der Waals surface area contributed by atoms with E-state index in [1.165, 1.54) is 12.8 Å². The topological polar surface area (TPSA) is 86.1 Å². The number of hydrogen-bond donors (Lipinski definition) is 1. The van der Waals surface area contributed by atoms with Gasteiger partial charge in [-0.1, -0.05) is 39.5 Å². The molecular formula is C23H34N4O3. The summed E-state index contributed by atoms with van der Waals surface area (Å²) in [5.41, 5.74) is 1.87. The van der Waals surface area contributed by atoms with Crippen molar-refractivity contribution in [3.63, 3.8) is 0 Å². The number of esters is 1. The molecule has 1 amide bonds. The number of pyridine rings is 1. The van der Waals surface area contributed by atoms with Crippen LogP contribution in [0.2, 0.25) is 0 Å². The maximum atomic E-state index is 13.0. The minimum absolute atomic E-state index is 0.116. The first kappa shape index (κ1) is 22.2. The Kier molecular flexibility index (Phi) is 7.10. The van der Waals surface area contributed by atoms with Gasteiger partial charge in [-0.15, -0.1) is 0 Å². The first-order valence-electron chi connectivity index (χ1n) is 11.2. The van der Waals surface area contributed by atoms with E-state index >= 15 is 0 Å². The summed E-state index contributed by atoms with van der Waals surface area (Å²) in [7, 11) is 0. The minimum atomic E-state index is -0.855. The summed E-state index contributed by atoms with van der Waals surface area (Å²) >= 11 is 0. The normalized spacial score (nSPS) is 16.6. The number of ether oxygens (including phenoxy) is 1. The third kappa shape index (κ3) is 4.99. The molecule has 1 N–H and O–H groups in total. The van der Waals surface area contributed by atoms with Gasteiger partial charge in [-0.3, -0.25) is 4.79 Å². The van der Waals surface area contributed by atoms with E-state index in [9.17, 15) is 9.59 Å². The summed E-state index contributed by atoms with van der Waals surface area (Å²) in [5.74, 6) is -0.606. The summed E-state index contributed by atoms with van der Waals surface area (Å²) in [5, 5.41) is 8.11. The minimum Gasteiger partial charge on any atom is -0.449 e. The van der Waals surface area contributed by atoms with Crippen LogP contribution in [0.25, 0.3) is 11.0 Å². The van der Waals surface area contributed by atoms with Crippen molar-refractivity contribution in [1.82, 2.24) is 20.1 Å². The lowest BCUT2D eigenvalue weighted by Crippen LogP contribution is -2.41. The highest BCUT2D eigenvalue weighted by Gasteiger charge is 2.25. The number of nitrogens with zero attached hydrogens (tertiary/aromatic N) is 3. The van der Waals surface area contributed by atoms with Gasteiger partial charge in [0.2, 0.25) is 0 Å². The molecule has 1 saturated carbocycles. The third-order valence-electron chi connectivity index (χ3n) is 5.74. The zero-order valence-electron chi connectivity index (χ0n) is 18.8. The first-order valence-corrected chi connectivity index (χ1v) is 11.2. The molecule has 0 spiro atoms. The van der Waals surface area contributed by atoms with Crippen LogP contribution in [0, 0.1) is 0 Å². The number of nitrogens with one attached hydrogen (secondary N) is 1. The molecule has 1 atom stereocenters. The van der Waals surface area contributed by atoms with Crippen LogP contribution in [-0.2, 0) is 9.53 Å². The van der Waals surface area contributed by atoms with Crippen molar-refractivity contribution >= 4 is 22.9 Å². The molecule has 1 aliphatic rings. The monoisotopic (exact) mass is 414 g/mol. The van der Waals surface area contributed by atoms with Crippen LogP contribution in [0.5, 0.6) is 0 Å². The SMILES string of the molecule is CC(C)c1cc(C(=O)O[C@@H](C)C(=O)NC2CCCCCC2)c2cnn(C(C)C)c2n1. The molecule has 7 nitrogen and oxygen atoms in total. The predicted molar refractivity (Wildman–Crippen MR) is 117 cm³/mol. The van der Waals surface area contributed by atoms with Gasteiger partial charge in [0, 0.05) is 17.8 Å². The van der Waals surface area contributed by atoms with Gasteiger partial charge in [-0.2, -0.15) is 5.10 Å². The van der Waals surface area contributed by atoms with Gasteiger partial charge in [0.05, 0.1) is 17.1 Å². The van der Waals surface area contributed by atoms with Crippen molar-refractivity contribution < 1.29 is 14.3 Å². The first-order chi connectivity index (χ1) is 14.3. The fourth-order valence-electron chi connectivity index (χ4n) is 3.90. The number of rotatable bonds is 6. The summed E-state index contributed by atoms with van der Waals surface area (Å²) in [4.78, 5) is 30.3. The van der Waals surface area contributed by atoms with Crippen LogP contribution in [0.1, 0.15) is 101 Å². The number of hydrogen-bond acceptors (Lipinski definition) is 5. The lowest BCUT2D eigenvalue weighted by Gasteiger charge is -2.20. The molecule has 2 aromatic heterocycles. The van der Waals surface area contributed by atoms with Gasteiger partial charge < -0.3 is 10.1 Å². The Morgan fingerprint density at radius 2 is 1.77 bits per heavy atom. The van der Waals surface area contributed by atoms with Crippen LogP contribution in [0.15, 0.2) is 12.3 Å². The van der Waals surface area contributed by atoms with E-state index < -0.39 is 12.1 Å². The molecule has 2 heterocycles. The van der Waals surface area contributed by atoms with Gasteiger partial charge >= 0.3 is 5.97 Å². The van der Waals surface area contributed by atoms with Crippen molar-refractivity contribution in [2.75, 3.05) is 0 Å². The summed E-state index contributed by atoms with van der Waals surface area (Å²) < 4.78 is 7.37. The molecule has 0 radical (unpaired) electrons.